The molecule has 21 heavy (non-hydrogen) atoms. The van der Waals surface area contributed by atoms with E-state index in [1.54, 1.807) is 18.2 Å². The van der Waals surface area contributed by atoms with Gasteiger partial charge in [0.25, 0.3) is 5.69 Å². The molecule has 1 saturated heterocycles. The maximum Gasteiger partial charge on any atom is 0.269 e. The van der Waals surface area contributed by atoms with Gasteiger partial charge in [-0.1, -0.05) is 0 Å². The number of non-ortho nitro benzene ring substituents is 1. The van der Waals surface area contributed by atoms with Crippen LogP contribution in [0, 0.1) is 16.0 Å². The first-order valence-electron chi connectivity index (χ1n) is 7.31. The SMILES string of the molecule is CNc1ccc([N+](=O)[O-])cc1CN(C)CC1CCN(C)C1. The molecule has 1 N–H and O–H groups in total. The minimum absolute atomic E-state index is 0.151. The number of anilines is 1. The maximum absolute atomic E-state index is 10.9. The molecule has 1 aromatic carbocycles. The number of benzene rings is 1. The molecule has 116 valence electrons. The van der Waals surface area contributed by atoms with Gasteiger partial charge in [-0.05, 0) is 44.6 Å². The van der Waals surface area contributed by atoms with Crippen molar-refractivity contribution in [3.05, 3.63) is 33.9 Å². The van der Waals surface area contributed by atoms with Crippen LogP contribution in [0.25, 0.3) is 0 Å². The lowest BCUT2D eigenvalue weighted by molar-refractivity contribution is -0.384. The molecule has 0 saturated carbocycles. The predicted octanol–water partition coefficient (Wildman–Crippen LogP) is 2.02. The summed E-state index contributed by atoms with van der Waals surface area (Å²) in [6, 6.07) is 5.00. The van der Waals surface area contributed by atoms with Crippen LogP contribution in [0.2, 0.25) is 0 Å². The third-order valence-electron chi connectivity index (χ3n) is 4.07. The van der Waals surface area contributed by atoms with Crippen molar-refractivity contribution in [2.45, 2.75) is 13.0 Å². The zero-order chi connectivity index (χ0) is 15.4. The Kier molecular flexibility index (Phi) is 5.14. The summed E-state index contributed by atoms with van der Waals surface area (Å²) in [7, 11) is 6.08. The van der Waals surface area contributed by atoms with Crippen molar-refractivity contribution in [2.24, 2.45) is 5.92 Å². The van der Waals surface area contributed by atoms with Crippen molar-refractivity contribution in [1.82, 2.24) is 9.80 Å². The third kappa shape index (κ3) is 4.15. The monoisotopic (exact) mass is 292 g/mol. The van der Waals surface area contributed by atoms with Crippen molar-refractivity contribution in [3.8, 4) is 0 Å². The normalized spacial score (nSPS) is 19.1. The highest BCUT2D eigenvalue weighted by Crippen LogP contribution is 2.24. The lowest BCUT2D eigenvalue weighted by atomic mass is 10.1. The van der Waals surface area contributed by atoms with E-state index < -0.39 is 0 Å². The van der Waals surface area contributed by atoms with E-state index in [1.165, 1.54) is 6.42 Å². The van der Waals surface area contributed by atoms with E-state index in [1.807, 2.05) is 7.05 Å². The van der Waals surface area contributed by atoms with E-state index in [0.717, 1.165) is 37.4 Å². The Labute approximate surface area is 125 Å². The quantitative estimate of drug-likeness (QED) is 0.642. The largest absolute Gasteiger partial charge is 0.388 e. The van der Waals surface area contributed by atoms with E-state index in [4.69, 9.17) is 0 Å². The molecule has 1 aromatic rings. The van der Waals surface area contributed by atoms with Gasteiger partial charge in [0.2, 0.25) is 0 Å². The minimum atomic E-state index is -0.338. The van der Waals surface area contributed by atoms with Gasteiger partial charge < -0.3 is 15.1 Å². The van der Waals surface area contributed by atoms with Gasteiger partial charge >= 0.3 is 0 Å². The van der Waals surface area contributed by atoms with Gasteiger partial charge in [0.15, 0.2) is 0 Å². The Bertz CT molecular complexity index is 506. The first-order valence-corrected chi connectivity index (χ1v) is 7.31. The Morgan fingerprint density at radius 1 is 1.52 bits per heavy atom. The summed E-state index contributed by atoms with van der Waals surface area (Å²) in [5.74, 6) is 0.691. The van der Waals surface area contributed by atoms with Gasteiger partial charge in [-0.25, -0.2) is 0 Å². The first kappa shape index (κ1) is 15.7. The number of nitro benzene ring substituents is 1. The summed E-state index contributed by atoms with van der Waals surface area (Å²) in [6.07, 6.45) is 1.23. The molecule has 6 nitrogen and oxygen atoms in total. The van der Waals surface area contributed by atoms with Crippen LogP contribution in [0.15, 0.2) is 18.2 Å². The summed E-state index contributed by atoms with van der Waals surface area (Å²) in [5, 5.41) is 14.0. The number of nitro groups is 1. The molecule has 1 aliphatic heterocycles. The molecule has 0 aromatic heterocycles. The standard InChI is InChI=1S/C15H24N4O2/c1-16-15-5-4-14(19(20)21)8-13(15)11-18(3)10-12-6-7-17(2)9-12/h4-5,8,12,16H,6-7,9-11H2,1-3H3. The molecule has 1 atom stereocenters. The summed E-state index contributed by atoms with van der Waals surface area (Å²) in [5.41, 5.74) is 2.08. The van der Waals surface area contributed by atoms with Crippen LogP contribution in [0.3, 0.4) is 0 Å². The van der Waals surface area contributed by atoms with E-state index in [9.17, 15) is 10.1 Å². The van der Waals surface area contributed by atoms with E-state index in [0.29, 0.717) is 5.92 Å². The van der Waals surface area contributed by atoms with E-state index in [2.05, 4.69) is 29.2 Å². The summed E-state index contributed by atoms with van der Waals surface area (Å²) >= 11 is 0. The van der Waals surface area contributed by atoms with Gasteiger partial charge in [0.1, 0.15) is 0 Å². The van der Waals surface area contributed by atoms with Crippen LogP contribution in [0.5, 0.6) is 0 Å². The second-order valence-electron chi connectivity index (χ2n) is 5.96. The van der Waals surface area contributed by atoms with E-state index >= 15 is 0 Å². The maximum atomic E-state index is 10.9. The molecule has 1 fully saturated rings. The van der Waals surface area contributed by atoms with Crippen LogP contribution >= 0.6 is 0 Å². The first-order chi connectivity index (χ1) is 9.99. The number of hydrogen-bond donors (Lipinski definition) is 1. The molecule has 1 heterocycles. The lowest BCUT2D eigenvalue weighted by Crippen LogP contribution is -2.27. The molecule has 1 aliphatic rings. The number of nitrogens with zero attached hydrogens (tertiary/aromatic N) is 3. The molecule has 6 heteroatoms. The zero-order valence-electron chi connectivity index (χ0n) is 13.0. The number of likely N-dealkylation sites (tertiary alicyclic amines) is 1. The molecular weight excluding hydrogens is 268 g/mol. The molecule has 0 radical (unpaired) electrons. The summed E-state index contributed by atoms with van der Waals surface area (Å²) in [4.78, 5) is 15.2. The number of rotatable bonds is 6. The third-order valence-corrected chi connectivity index (χ3v) is 4.07. The Morgan fingerprint density at radius 3 is 2.86 bits per heavy atom. The second kappa shape index (κ2) is 6.87. The van der Waals surface area contributed by atoms with Gasteiger partial charge in [-0.3, -0.25) is 10.1 Å². The summed E-state index contributed by atoms with van der Waals surface area (Å²) < 4.78 is 0. The van der Waals surface area contributed by atoms with Crippen LogP contribution in [0.1, 0.15) is 12.0 Å². The molecule has 0 aliphatic carbocycles. The van der Waals surface area contributed by atoms with Crippen molar-refractivity contribution in [2.75, 3.05) is 46.1 Å². The fourth-order valence-electron chi connectivity index (χ4n) is 3.04. The van der Waals surface area contributed by atoms with Crippen LogP contribution in [-0.2, 0) is 6.54 Å². The predicted molar refractivity (Wildman–Crippen MR) is 84.6 cm³/mol. The lowest BCUT2D eigenvalue weighted by Gasteiger charge is -2.22. The molecule has 0 spiro atoms. The molecule has 2 rings (SSSR count). The second-order valence-corrected chi connectivity index (χ2v) is 5.96. The number of hydrogen-bond acceptors (Lipinski definition) is 5. The molecular formula is C15H24N4O2. The van der Waals surface area contributed by atoms with Gasteiger partial charge in [0.05, 0.1) is 4.92 Å². The van der Waals surface area contributed by atoms with Crippen LogP contribution in [0.4, 0.5) is 11.4 Å². The highest BCUT2D eigenvalue weighted by molar-refractivity contribution is 5.55. The van der Waals surface area contributed by atoms with E-state index in [-0.39, 0.29) is 10.6 Å². The molecule has 0 amide bonds. The fraction of sp³-hybridized carbons (Fsp3) is 0.600. The Balaban J connectivity index is 2.03. The van der Waals surface area contributed by atoms with Crippen LogP contribution in [-0.4, -0.2) is 55.5 Å². The van der Waals surface area contributed by atoms with Gasteiger partial charge in [-0.15, -0.1) is 0 Å². The van der Waals surface area contributed by atoms with Crippen molar-refractivity contribution in [1.29, 1.82) is 0 Å². The van der Waals surface area contributed by atoms with Crippen molar-refractivity contribution in [3.63, 3.8) is 0 Å². The number of nitrogens with one attached hydrogen (secondary N) is 1. The minimum Gasteiger partial charge on any atom is -0.388 e. The van der Waals surface area contributed by atoms with Crippen molar-refractivity contribution < 1.29 is 4.92 Å². The fourth-order valence-corrected chi connectivity index (χ4v) is 3.04. The highest BCUT2D eigenvalue weighted by atomic mass is 16.6. The van der Waals surface area contributed by atoms with Crippen molar-refractivity contribution >= 4 is 11.4 Å². The highest BCUT2D eigenvalue weighted by Gasteiger charge is 2.21. The van der Waals surface area contributed by atoms with Gasteiger partial charge in [0, 0.05) is 44.5 Å². The zero-order valence-corrected chi connectivity index (χ0v) is 13.0. The summed E-state index contributed by atoms with van der Waals surface area (Å²) in [6.45, 7) is 4.05. The molecule has 1 unspecified atom stereocenters. The topological polar surface area (TPSA) is 61.7 Å². The average molecular weight is 292 g/mol. The Morgan fingerprint density at radius 2 is 2.29 bits per heavy atom. The average Bonchev–Trinajstić information content (AvgIpc) is 2.83. The van der Waals surface area contributed by atoms with Crippen LogP contribution < -0.4 is 5.32 Å². The molecule has 0 bridgehead atoms. The van der Waals surface area contributed by atoms with Gasteiger partial charge in [-0.2, -0.15) is 0 Å². The smallest absolute Gasteiger partial charge is 0.269 e. The Hall–Kier alpha value is -1.66.